The smallest absolute Gasteiger partial charge is 0.416 e. The van der Waals surface area contributed by atoms with Crippen molar-refractivity contribution in [3.8, 4) is 28.8 Å². The lowest BCUT2D eigenvalue weighted by molar-refractivity contribution is -0.137. The van der Waals surface area contributed by atoms with Crippen LogP contribution in [0.4, 0.5) is 13.2 Å². The SMILES string of the molecule is CC(Oc1cc(C=O)nc(-c2ccc(Oc3ccc(C(F)(F)F)cc3)cc2)n1)C(C)(C)CO. The number of carbonyl (C=O) groups excluding carboxylic acids is 1. The van der Waals surface area contributed by atoms with Gasteiger partial charge in [0.25, 0.3) is 0 Å². The van der Waals surface area contributed by atoms with E-state index in [-0.39, 0.29) is 35.9 Å². The van der Waals surface area contributed by atoms with Gasteiger partial charge in [-0.25, -0.2) is 4.98 Å². The molecular weight excluding hydrogens is 437 g/mol. The average Bonchev–Trinajstić information content (AvgIpc) is 2.79. The average molecular weight is 460 g/mol. The van der Waals surface area contributed by atoms with Crippen LogP contribution in [0.3, 0.4) is 0 Å². The molecule has 1 atom stereocenters. The molecule has 0 aliphatic heterocycles. The third-order valence-corrected chi connectivity index (χ3v) is 5.18. The number of aliphatic hydroxyl groups is 1. The third-order valence-electron chi connectivity index (χ3n) is 5.18. The van der Waals surface area contributed by atoms with Crippen molar-refractivity contribution in [3.05, 3.63) is 65.9 Å². The minimum Gasteiger partial charge on any atom is -0.474 e. The molecule has 1 N–H and O–H groups in total. The highest BCUT2D eigenvalue weighted by molar-refractivity contribution is 5.73. The molecule has 0 radical (unpaired) electrons. The number of nitrogens with zero attached hydrogens (tertiary/aromatic N) is 2. The van der Waals surface area contributed by atoms with Gasteiger partial charge in [0.05, 0.1) is 12.2 Å². The maximum absolute atomic E-state index is 12.7. The first-order chi connectivity index (χ1) is 15.5. The summed E-state index contributed by atoms with van der Waals surface area (Å²) in [4.78, 5) is 19.9. The van der Waals surface area contributed by atoms with E-state index in [1.54, 1.807) is 31.2 Å². The molecule has 1 unspecified atom stereocenters. The molecule has 9 heteroatoms. The zero-order chi connectivity index (χ0) is 24.2. The van der Waals surface area contributed by atoms with Crippen molar-refractivity contribution in [1.82, 2.24) is 9.97 Å². The lowest BCUT2D eigenvalue weighted by Crippen LogP contribution is -2.35. The van der Waals surface area contributed by atoms with E-state index in [0.29, 0.717) is 17.6 Å². The van der Waals surface area contributed by atoms with Gasteiger partial charge in [0.2, 0.25) is 5.88 Å². The van der Waals surface area contributed by atoms with Crippen molar-refractivity contribution >= 4 is 6.29 Å². The fourth-order valence-electron chi connectivity index (χ4n) is 2.68. The highest BCUT2D eigenvalue weighted by atomic mass is 19.4. The van der Waals surface area contributed by atoms with Crippen LogP contribution < -0.4 is 9.47 Å². The number of aromatic nitrogens is 2. The molecule has 0 aliphatic rings. The number of hydrogen-bond acceptors (Lipinski definition) is 6. The minimum absolute atomic E-state index is 0.0902. The second-order valence-electron chi connectivity index (χ2n) is 8.13. The van der Waals surface area contributed by atoms with E-state index in [9.17, 15) is 23.1 Å². The Morgan fingerprint density at radius 3 is 2.09 bits per heavy atom. The topological polar surface area (TPSA) is 81.5 Å². The predicted octanol–water partition coefficient (Wildman–Crippen LogP) is 5.55. The molecule has 6 nitrogen and oxygen atoms in total. The summed E-state index contributed by atoms with van der Waals surface area (Å²) in [5.41, 5.74) is -0.567. The van der Waals surface area contributed by atoms with Crippen LogP contribution in [-0.2, 0) is 6.18 Å². The molecule has 0 bridgehead atoms. The molecule has 33 heavy (non-hydrogen) atoms. The summed E-state index contributed by atoms with van der Waals surface area (Å²) in [6.45, 7) is 5.39. The Morgan fingerprint density at radius 2 is 1.58 bits per heavy atom. The number of aldehydes is 1. The molecule has 3 aromatic rings. The number of rotatable bonds is 8. The molecule has 0 fully saturated rings. The lowest BCUT2D eigenvalue weighted by atomic mass is 9.88. The molecule has 0 aliphatic carbocycles. The fraction of sp³-hybridized carbons (Fsp3) is 0.292. The van der Waals surface area contributed by atoms with Crippen LogP contribution >= 0.6 is 0 Å². The molecule has 174 valence electrons. The number of hydrogen-bond donors (Lipinski definition) is 1. The van der Waals surface area contributed by atoms with Crippen LogP contribution in [0.5, 0.6) is 17.4 Å². The Bertz CT molecular complexity index is 1100. The van der Waals surface area contributed by atoms with Crippen LogP contribution in [0.2, 0.25) is 0 Å². The molecule has 0 saturated heterocycles. The number of aliphatic hydroxyl groups excluding tert-OH is 1. The Kier molecular flexibility index (Phi) is 7.02. The van der Waals surface area contributed by atoms with Gasteiger partial charge in [-0.15, -0.1) is 0 Å². The summed E-state index contributed by atoms with van der Waals surface area (Å²) in [5, 5.41) is 9.53. The van der Waals surface area contributed by atoms with Gasteiger partial charge in [-0.1, -0.05) is 13.8 Å². The van der Waals surface area contributed by atoms with Gasteiger partial charge >= 0.3 is 6.18 Å². The maximum atomic E-state index is 12.7. The van der Waals surface area contributed by atoms with Gasteiger partial charge in [0.1, 0.15) is 23.3 Å². The molecule has 1 heterocycles. The summed E-state index contributed by atoms with van der Waals surface area (Å²) < 4.78 is 49.5. The molecule has 2 aromatic carbocycles. The van der Waals surface area contributed by atoms with Gasteiger partial charge in [0.15, 0.2) is 12.1 Å². The van der Waals surface area contributed by atoms with Crippen molar-refractivity contribution in [1.29, 1.82) is 0 Å². The Hall–Kier alpha value is -3.46. The summed E-state index contributed by atoms with van der Waals surface area (Å²) in [5.74, 6) is 1.11. The van der Waals surface area contributed by atoms with Crippen molar-refractivity contribution in [2.75, 3.05) is 6.61 Å². The normalized spacial score (nSPS) is 12.8. The number of carbonyl (C=O) groups is 1. The number of alkyl halides is 3. The Balaban J connectivity index is 1.79. The van der Waals surface area contributed by atoms with E-state index < -0.39 is 17.2 Å². The Morgan fingerprint density at radius 1 is 1.00 bits per heavy atom. The first-order valence-electron chi connectivity index (χ1n) is 10.1. The summed E-state index contributed by atoms with van der Waals surface area (Å²) in [6.07, 6.45) is -4.21. The van der Waals surface area contributed by atoms with Crippen LogP contribution in [0.1, 0.15) is 36.8 Å². The summed E-state index contributed by atoms with van der Waals surface area (Å²) in [7, 11) is 0. The minimum atomic E-state index is -4.41. The van der Waals surface area contributed by atoms with Crippen LogP contribution in [0.25, 0.3) is 11.4 Å². The molecule has 3 rings (SSSR count). The van der Waals surface area contributed by atoms with Crippen LogP contribution in [0.15, 0.2) is 54.6 Å². The van der Waals surface area contributed by atoms with Crippen LogP contribution in [-0.4, -0.2) is 34.1 Å². The lowest BCUT2D eigenvalue weighted by Gasteiger charge is -2.29. The van der Waals surface area contributed by atoms with E-state index in [0.717, 1.165) is 12.1 Å². The van der Waals surface area contributed by atoms with E-state index >= 15 is 0 Å². The van der Waals surface area contributed by atoms with Crippen molar-refractivity contribution < 1.29 is 32.5 Å². The second-order valence-corrected chi connectivity index (χ2v) is 8.13. The predicted molar refractivity (Wildman–Crippen MR) is 115 cm³/mol. The zero-order valence-corrected chi connectivity index (χ0v) is 18.3. The monoisotopic (exact) mass is 460 g/mol. The maximum Gasteiger partial charge on any atom is 0.416 e. The van der Waals surface area contributed by atoms with Gasteiger partial charge in [0, 0.05) is 17.0 Å². The standard InChI is InChI=1S/C24H23F3N2O4/c1-15(23(2,3)14-31)32-21-12-18(13-30)28-22(29-21)16-4-8-19(9-5-16)33-20-10-6-17(7-11-20)24(25,26)27/h4-13,15,31H,14H2,1-3H3. The number of benzene rings is 2. The largest absolute Gasteiger partial charge is 0.474 e. The molecule has 0 saturated carbocycles. The number of halogens is 3. The second kappa shape index (κ2) is 9.58. The van der Waals surface area contributed by atoms with Crippen LogP contribution in [0, 0.1) is 5.41 Å². The zero-order valence-electron chi connectivity index (χ0n) is 18.3. The van der Waals surface area contributed by atoms with Gasteiger partial charge in [-0.05, 0) is 55.5 Å². The van der Waals surface area contributed by atoms with Crippen molar-refractivity contribution in [3.63, 3.8) is 0 Å². The molecule has 0 amide bonds. The number of ether oxygens (including phenoxy) is 2. The first kappa shape index (κ1) is 24.2. The first-order valence-corrected chi connectivity index (χ1v) is 10.1. The van der Waals surface area contributed by atoms with E-state index in [2.05, 4.69) is 9.97 Å². The molecular formula is C24H23F3N2O4. The Labute approximate surface area is 189 Å². The summed E-state index contributed by atoms with van der Waals surface area (Å²) in [6, 6.07) is 12.3. The fourth-order valence-corrected chi connectivity index (χ4v) is 2.68. The van der Waals surface area contributed by atoms with Gasteiger partial charge in [-0.3, -0.25) is 4.79 Å². The van der Waals surface area contributed by atoms with Gasteiger partial charge in [-0.2, -0.15) is 18.2 Å². The summed E-state index contributed by atoms with van der Waals surface area (Å²) >= 11 is 0. The molecule has 1 aromatic heterocycles. The van der Waals surface area contributed by atoms with E-state index in [1.165, 1.54) is 18.2 Å². The van der Waals surface area contributed by atoms with Gasteiger partial charge < -0.3 is 14.6 Å². The molecule has 0 spiro atoms. The third kappa shape index (κ3) is 6.07. The van der Waals surface area contributed by atoms with E-state index in [1.807, 2.05) is 13.8 Å². The highest BCUT2D eigenvalue weighted by Crippen LogP contribution is 2.32. The quantitative estimate of drug-likeness (QED) is 0.444. The van der Waals surface area contributed by atoms with E-state index in [4.69, 9.17) is 9.47 Å². The van der Waals surface area contributed by atoms with Crippen molar-refractivity contribution in [2.45, 2.75) is 33.1 Å². The highest BCUT2D eigenvalue weighted by Gasteiger charge is 2.30. The van der Waals surface area contributed by atoms with Crippen molar-refractivity contribution in [2.24, 2.45) is 5.41 Å².